The highest BCUT2D eigenvalue weighted by Crippen LogP contribution is 2.25. The lowest BCUT2D eigenvalue weighted by molar-refractivity contribution is 0.0697. The smallest absolute Gasteiger partial charge is 0.253 e. The van der Waals surface area contributed by atoms with Gasteiger partial charge in [0.1, 0.15) is 0 Å². The second-order valence-corrected chi connectivity index (χ2v) is 9.79. The summed E-state index contributed by atoms with van der Waals surface area (Å²) in [6, 6.07) is 14.4. The Morgan fingerprint density at radius 1 is 0.929 bits per heavy atom. The third-order valence-corrected chi connectivity index (χ3v) is 7.76. The van der Waals surface area contributed by atoms with Gasteiger partial charge in [-0.15, -0.1) is 0 Å². The van der Waals surface area contributed by atoms with Crippen molar-refractivity contribution in [2.75, 3.05) is 19.6 Å². The van der Waals surface area contributed by atoms with Crippen LogP contribution in [-0.4, -0.2) is 43.2 Å². The van der Waals surface area contributed by atoms with Crippen molar-refractivity contribution in [2.24, 2.45) is 5.92 Å². The normalized spacial score (nSPS) is 18.7. The summed E-state index contributed by atoms with van der Waals surface area (Å²) in [5.74, 6) is 0.647. The minimum absolute atomic E-state index is 0.0113. The van der Waals surface area contributed by atoms with Gasteiger partial charge in [-0.2, -0.15) is 4.31 Å². The summed E-state index contributed by atoms with van der Waals surface area (Å²) in [4.78, 5) is 14.8. The molecule has 0 bridgehead atoms. The van der Waals surface area contributed by atoms with Gasteiger partial charge < -0.3 is 4.90 Å². The first-order chi connectivity index (χ1) is 13.4. The topological polar surface area (TPSA) is 57.7 Å². The Labute approximate surface area is 167 Å². The van der Waals surface area contributed by atoms with Crippen LogP contribution in [0.4, 0.5) is 0 Å². The lowest BCUT2D eigenvalue weighted by Gasteiger charge is -2.30. The number of hydrogen-bond donors (Lipinski definition) is 0. The number of hydrogen-bond acceptors (Lipinski definition) is 3. The summed E-state index contributed by atoms with van der Waals surface area (Å²) in [6.45, 7) is 4.62. The largest absolute Gasteiger partial charge is 0.339 e. The molecule has 0 atom stereocenters. The third-order valence-electron chi connectivity index (χ3n) is 5.91. The summed E-state index contributed by atoms with van der Waals surface area (Å²) in [7, 11) is -3.57. The SMILES string of the molecule is CC1CCN(C(=O)c2ccc(S(=O)(=O)N3CCc4ccccc4C3)cc2)CC1. The number of amides is 1. The van der Waals surface area contributed by atoms with Crippen LogP contribution < -0.4 is 0 Å². The average Bonchev–Trinajstić information content (AvgIpc) is 2.73. The molecule has 1 saturated heterocycles. The van der Waals surface area contributed by atoms with E-state index in [2.05, 4.69) is 13.0 Å². The highest BCUT2D eigenvalue weighted by Gasteiger charge is 2.28. The first-order valence-corrected chi connectivity index (χ1v) is 11.4. The average molecular weight is 399 g/mol. The van der Waals surface area contributed by atoms with Crippen LogP contribution in [-0.2, 0) is 23.0 Å². The summed E-state index contributed by atoms with van der Waals surface area (Å²) in [5, 5.41) is 0. The van der Waals surface area contributed by atoms with Gasteiger partial charge in [0.25, 0.3) is 5.91 Å². The zero-order valence-electron chi connectivity index (χ0n) is 16.2. The number of carbonyl (C=O) groups excluding carboxylic acids is 1. The molecular formula is C22H26N2O3S. The van der Waals surface area contributed by atoms with Gasteiger partial charge in [-0.25, -0.2) is 8.42 Å². The lowest BCUT2D eigenvalue weighted by Crippen LogP contribution is -2.38. The van der Waals surface area contributed by atoms with E-state index < -0.39 is 10.0 Å². The Hall–Kier alpha value is -2.18. The van der Waals surface area contributed by atoms with Crippen LogP contribution >= 0.6 is 0 Å². The molecule has 0 radical (unpaired) electrons. The van der Waals surface area contributed by atoms with Gasteiger partial charge in [-0.05, 0) is 60.6 Å². The molecule has 1 amide bonds. The number of rotatable bonds is 3. The fourth-order valence-corrected chi connectivity index (χ4v) is 5.41. The van der Waals surface area contributed by atoms with Crippen molar-refractivity contribution in [3.63, 3.8) is 0 Å². The zero-order valence-corrected chi connectivity index (χ0v) is 17.0. The van der Waals surface area contributed by atoms with E-state index in [9.17, 15) is 13.2 Å². The minimum atomic E-state index is -3.57. The highest BCUT2D eigenvalue weighted by atomic mass is 32.2. The molecule has 2 aliphatic heterocycles. The van der Waals surface area contributed by atoms with Crippen molar-refractivity contribution in [2.45, 2.75) is 37.6 Å². The molecule has 1 fully saturated rings. The van der Waals surface area contributed by atoms with E-state index in [0.29, 0.717) is 24.6 Å². The number of fused-ring (bicyclic) bond motifs is 1. The van der Waals surface area contributed by atoms with Crippen molar-refractivity contribution < 1.29 is 13.2 Å². The van der Waals surface area contributed by atoms with Gasteiger partial charge in [-0.1, -0.05) is 31.2 Å². The Bertz CT molecular complexity index is 962. The molecule has 6 heteroatoms. The van der Waals surface area contributed by atoms with E-state index in [0.717, 1.165) is 37.9 Å². The third kappa shape index (κ3) is 3.71. The van der Waals surface area contributed by atoms with Crippen molar-refractivity contribution >= 4 is 15.9 Å². The molecule has 0 aromatic heterocycles. The van der Waals surface area contributed by atoms with Gasteiger partial charge in [0.05, 0.1) is 4.90 Å². The number of nitrogens with zero attached hydrogens (tertiary/aromatic N) is 2. The van der Waals surface area contributed by atoms with Gasteiger partial charge in [-0.3, -0.25) is 4.79 Å². The van der Waals surface area contributed by atoms with Crippen LogP contribution in [0.3, 0.4) is 0 Å². The molecule has 0 spiro atoms. The maximum absolute atomic E-state index is 13.0. The Morgan fingerprint density at radius 3 is 2.25 bits per heavy atom. The summed E-state index contributed by atoms with van der Waals surface area (Å²) in [6.07, 6.45) is 2.77. The number of benzene rings is 2. The summed E-state index contributed by atoms with van der Waals surface area (Å²) < 4.78 is 27.6. The van der Waals surface area contributed by atoms with E-state index in [4.69, 9.17) is 0 Å². The van der Waals surface area contributed by atoms with E-state index >= 15 is 0 Å². The summed E-state index contributed by atoms with van der Waals surface area (Å²) >= 11 is 0. The lowest BCUT2D eigenvalue weighted by atomic mass is 9.98. The predicted molar refractivity (Wildman–Crippen MR) is 108 cm³/mol. The van der Waals surface area contributed by atoms with Crippen LogP contribution in [0.15, 0.2) is 53.4 Å². The molecule has 2 aliphatic rings. The molecule has 0 N–H and O–H groups in total. The predicted octanol–water partition coefficient (Wildman–Crippen LogP) is 3.31. The van der Waals surface area contributed by atoms with Crippen LogP contribution in [0.5, 0.6) is 0 Å². The number of carbonyl (C=O) groups is 1. The fraction of sp³-hybridized carbons (Fsp3) is 0.409. The van der Waals surface area contributed by atoms with E-state index in [1.54, 1.807) is 24.3 Å². The zero-order chi connectivity index (χ0) is 19.7. The Morgan fingerprint density at radius 2 is 1.57 bits per heavy atom. The molecule has 148 valence electrons. The second-order valence-electron chi connectivity index (χ2n) is 7.86. The molecule has 0 aliphatic carbocycles. The molecular weight excluding hydrogens is 372 g/mol. The van der Waals surface area contributed by atoms with Crippen molar-refractivity contribution in [3.05, 3.63) is 65.2 Å². The second kappa shape index (κ2) is 7.68. The van der Waals surface area contributed by atoms with Crippen molar-refractivity contribution in [1.29, 1.82) is 0 Å². The fourth-order valence-electron chi connectivity index (χ4n) is 3.99. The molecule has 4 rings (SSSR count). The molecule has 2 aromatic rings. The molecule has 0 saturated carbocycles. The minimum Gasteiger partial charge on any atom is -0.339 e. The Kier molecular flexibility index (Phi) is 5.25. The standard InChI is InChI=1S/C22H26N2O3S/c1-17-10-13-23(14-11-17)22(25)19-6-8-21(9-7-19)28(26,27)24-15-12-18-4-2-3-5-20(18)16-24/h2-9,17H,10-16H2,1H3. The van der Waals surface area contributed by atoms with Gasteiger partial charge in [0, 0.05) is 31.7 Å². The van der Waals surface area contributed by atoms with E-state index in [-0.39, 0.29) is 10.8 Å². The quantitative estimate of drug-likeness (QED) is 0.797. The van der Waals surface area contributed by atoms with Crippen LogP contribution in [0, 0.1) is 5.92 Å². The highest BCUT2D eigenvalue weighted by molar-refractivity contribution is 7.89. The maximum atomic E-state index is 13.0. The van der Waals surface area contributed by atoms with Gasteiger partial charge >= 0.3 is 0 Å². The maximum Gasteiger partial charge on any atom is 0.253 e. The van der Waals surface area contributed by atoms with Crippen LogP contribution in [0.25, 0.3) is 0 Å². The van der Waals surface area contributed by atoms with Gasteiger partial charge in [0.2, 0.25) is 10.0 Å². The van der Waals surface area contributed by atoms with Gasteiger partial charge in [0.15, 0.2) is 0 Å². The molecule has 5 nitrogen and oxygen atoms in total. The van der Waals surface area contributed by atoms with Crippen molar-refractivity contribution in [1.82, 2.24) is 9.21 Å². The number of likely N-dealkylation sites (tertiary alicyclic amines) is 1. The molecule has 0 unspecified atom stereocenters. The van der Waals surface area contributed by atoms with E-state index in [1.165, 1.54) is 9.87 Å². The monoisotopic (exact) mass is 398 g/mol. The van der Waals surface area contributed by atoms with E-state index in [1.807, 2.05) is 23.1 Å². The first kappa shape index (κ1) is 19.2. The first-order valence-electron chi connectivity index (χ1n) is 9.91. The number of sulfonamides is 1. The van der Waals surface area contributed by atoms with Crippen LogP contribution in [0.2, 0.25) is 0 Å². The molecule has 28 heavy (non-hydrogen) atoms. The van der Waals surface area contributed by atoms with Crippen molar-refractivity contribution in [3.8, 4) is 0 Å². The number of piperidine rings is 1. The Balaban J connectivity index is 1.49. The molecule has 2 aromatic carbocycles. The summed E-state index contributed by atoms with van der Waals surface area (Å²) in [5.41, 5.74) is 2.83. The molecule has 2 heterocycles. The van der Waals surface area contributed by atoms with Crippen LogP contribution in [0.1, 0.15) is 41.3 Å².